The molecule has 2 heterocycles. The van der Waals surface area contributed by atoms with Crippen molar-refractivity contribution < 1.29 is 9.68 Å². The molecule has 1 aromatic carbocycles. The molecule has 0 unspecified atom stereocenters. The largest absolute Gasteiger partial charge is 0.491 e. The molecule has 1 saturated carbocycles. The fraction of sp³-hybridized carbons (Fsp3) is 0.375. The topological polar surface area (TPSA) is 79.3 Å². The third-order valence-electron chi connectivity index (χ3n) is 4.42. The van der Waals surface area contributed by atoms with Gasteiger partial charge in [0.25, 0.3) is 0 Å². The molecule has 3 N–H and O–H groups in total. The molecular weight excluding hydrogens is 291 g/mol. The first-order chi connectivity index (χ1) is 11.3. The molecule has 118 valence electrons. The van der Waals surface area contributed by atoms with Crippen LogP contribution in [-0.4, -0.2) is 28.2 Å². The van der Waals surface area contributed by atoms with E-state index in [0.717, 1.165) is 22.5 Å². The second kappa shape index (κ2) is 6.18. The molecule has 7 heteroatoms. The normalized spacial score (nSPS) is 17.3. The molecule has 0 bridgehead atoms. The van der Waals surface area contributed by atoms with Gasteiger partial charge in [-0.2, -0.15) is 4.98 Å². The first-order valence-electron chi connectivity index (χ1n) is 8.07. The molecule has 0 radical (unpaired) electrons. The number of fused-ring (bicyclic) bond motifs is 1. The van der Waals surface area contributed by atoms with Gasteiger partial charge in [-0.15, -0.1) is 0 Å². The van der Waals surface area contributed by atoms with Crippen LogP contribution in [0.1, 0.15) is 31.2 Å². The summed E-state index contributed by atoms with van der Waals surface area (Å²) in [4.78, 5) is 8.80. The summed E-state index contributed by atoms with van der Waals surface area (Å²) in [5.41, 5.74) is 2.70. The lowest BCUT2D eigenvalue weighted by Gasteiger charge is -2.13. The van der Waals surface area contributed by atoms with Gasteiger partial charge in [-0.1, -0.05) is 18.9 Å². The minimum absolute atomic E-state index is 0.427. The van der Waals surface area contributed by atoms with E-state index in [-0.39, 0.29) is 0 Å². The molecule has 1 aromatic heterocycles. The third-order valence-corrected chi connectivity index (χ3v) is 4.42. The van der Waals surface area contributed by atoms with Crippen LogP contribution in [0.25, 0.3) is 0 Å². The standard InChI is InChI=1S/C16H19BN4O2/c22-17-14-6-5-13(9-11(14)10-23-17)20-16-18-8-7-15(21-16)19-12-3-1-2-4-12/h5-9,12,22H,1-4,10H2,(H2,18,19,20,21). The Kier molecular flexibility index (Phi) is 3.89. The number of nitrogens with zero attached hydrogens (tertiary/aromatic N) is 2. The first kappa shape index (κ1) is 14.5. The quantitative estimate of drug-likeness (QED) is 0.747. The monoisotopic (exact) mass is 310 g/mol. The van der Waals surface area contributed by atoms with Gasteiger partial charge in [0.2, 0.25) is 5.95 Å². The van der Waals surface area contributed by atoms with Crippen molar-refractivity contribution in [3.63, 3.8) is 0 Å². The van der Waals surface area contributed by atoms with E-state index in [1.165, 1.54) is 25.7 Å². The zero-order chi connectivity index (χ0) is 15.6. The predicted octanol–water partition coefficient (Wildman–Crippen LogP) is 1.79. The molecule has 0 atom stereocenters. The first-order valence-corrected chi connectivity index (χ1v) is 8.07. The summed E-state index contributed by atoms with van der Waals surface area (Å²) in [5.74, 6) is 1.42. The molecule has 2 aliphatic rings. The Bertz CT molecular complexity index is 706. The Morgan fingerprint density at radius 3 is 2.96 bits per heavy atom. The van der Waals surface area contributed by atoms with Crippen LogP contribution < -0.4 is 16.1 Å². The van der Waals surface area contributed by atoms with Crippen molar-refractivity contribution >= 4 is 30.0 Å². The summed E-state index contributed by atoms with van der Waals surface area (Å²) < 4.78 is 5.21. The summed E-state index contributed by atoms with van der Waals surface area (Å²) in [6, 6.07) is 8.16. The number of aromatic nitrogens is 2. The van der Waals surface area contributed by atoms with Crippen LogP contribution in [0, 0.1) is 0 Å². The van der Waals surface area contributed by atoms with E-state index in [1.807, 2.05) is 24.3 Å². The van der Waals surface area contributed by atoms with Crippen molar-refractivity contribution in [2.24, 2.45) is 0 Å². The summed E-state index contributed by atoms with van der Waals surface area (Å²) in [6.07, 6.45) is 6.75. The van der Waals surface area contributed by atoms with Crippen molar-refractivity contribution in [2.75, 3.05) is 10.6 Å². The van der Waals surface area contributed by atoms with Gasteiger partial charge in [0.05, 0.1) is 6.61 Å². The van der Waals surface area contributed by atoms with E-state index in [9.17, 15) is 5.02 Å². The summed E-state index contributed by atoms with van der Waals surface area (Å²) in [6.45, 7) is 0.427. The van der Waals surface area contributed by atoms with E-state index in [1.54, 1.807) is 6.20 Å². The molecule has 1 aliphatic heterocycles. The van der Waals surface area contributed by atoms with Gasteiger partial charge in [-0.25, -0.2) is 4.98 Å². The molecule has 0 saturated heterocycles. The SMILES string of the molecule is OB1OCc2cc(Nc3nccc(NC4CCCC4)n3)ccc21. The van der Waals surface area contributed by atoms with Crippen LogP contribution >= 0.6 is 0 Å². The highest BCUT2D eigenvalue weighted by Crippen LogP contribution is 2.22. The summed E-state index contributed by atoms with van der Waals surface area (Å²) in [5, 5.41) is 16.3. The molecule has 1 fully saturated rings. The van der Waals surface area contributed by atoms with Crippen LogP contribution in [0.3, 0.4) is 0 Å². The average molecular weight is 310 g/mol. The third kappa shape index (κ3) is 3.16. The van der Waals surface area contributed by atoms with Crippen LogP contribution in [0.2, 0.25) is 0 Å². The summed E-state index contributed by atoms with van der Waals surface area (Å²) in [7, 11) is -0.811. The van der Waals surface area contributed by atoms with Crippen LogP contribution in [-0.2, 0) is 11.3 Å². The van der Waals surface area contributed by atoms with Crippen molar-refractivity contribution in [3.05, 3.63) is 36.0 Å². The molecule has 0 spiro atoms. The van der Waals surface area contributed by atoms with Crippen LogP contribution in [0.5, 0.6) is 0 Å². The minimum atomic E-state index is -0.811. The molecule has 4 rings (SSSR count). The Balaban J connectivity index is 1.48. The summed E-state index contributed by atoms with van der Waals surface area (Å²) >= 11 is 0. The van der Waals surface area contributed by atoms with Gasteiger partial charge in [0.15, 0.2) is 0 Å². The fourth-order valence-corrected chi connectivity index (χ4v) is 3.22. The molecule has 23 heavy (non-hydrogen) atoms. The second-order valence-electron chi connectivity index (χ2n) is 6.09. The highest BCUT2D eigenvalue weighted by Gasteiger charge is 2.27. The van der Waals surface area contributed by atoms with Gasteiger partial charge in [-0.3, -0.25) is 0 Å². The van der Waals surface area contributed by atoms with Crippen molar-refractivity contribution in [1.82, 2.24) is 9.97 Å². The van der Waals surface area contributed by atoms with Crippen molar-refractivity contribution in [3.8, 4) is 0 Å². The predicted molar refractivity (Wildman–Crippen MR) is 90.0 cm³/mol. The van der Waals surface area contributed by atoms with Gasteiger partial charge in [0.1, 0.15) is 5.82 Å². The van der Waals surface area contributed by atoms with Crippen LogP contribution in [0.4, 0.5) is 17.5 Å². The minimum Gasteiger partial charge on any atom is -0.423 e. The van der Waals surface area contributed by atoms with E-state index in [4.69, 9.17) is 4.65 Å². The molecular formula is C16H19BN4O2. The van der Waals surface area contributed by atoms with Crippen LogP contribution in [0.15, 0.2) is 30.5 Å². The smallest absolute Gasteiger partial charge is 0.423 e. The zero-order valence-electron chi connectivity index (χ0n) is 12.8. The maximum Gasteiger partial charge on any atom is 0.491 e. The average Bonchev–Trinajstić information content (AvgIpc) is 3.18. The lowest BCUT2D eigenvalue weighted by atomic mass is 9.79. The number of rotatable bonds is 4. The van der Waals surface area contributed by atoms with E-state index >= 15 is 0 Å². The molecule has 6 nitrogen and oxygen atoms in total. The Hall–Kier alpha value is -2.12. The lowest BCUT2D eigenvalue weighted by Crippen LogP contribution is -2.27. The fourth-order valence-electron chi connectivity index (χ4n) is 3.22. The number of hydrogen-bond acceptors (Lipinski definition) is 6. The lowest BCUT2D eigenvalue weighted by molar-refractivity contribution is 0.275. The van der Waals surface area contributed by atoms with E-state index in [2.05, 4.69) is 20.6 Å². The second-order valence-corrected chi connectivity index (χ2v) is 6.09. The molecule has 0 amide bonds. The van der Waals surface area contributed by atoms with Crippen molar-refractivity contribution in [2.45, 2.75) is 38.3 Å². The van der Waals surface area contributed by atoms with Gasteiger partial charge in [0, 0.05) is 17.9 Å². The van der Waals surface area contributed by atoms with E-state index < -0.39 is 7.12 Å². The van der Waals surface area contributed by atoms with Gasteiger partial charge < -0.3 is 20.3 Å². The Morgan fingerprint density at radius 2 is 2.09 bits per heavy atom. The maximum atomic E-state index is 9.66. The van der Waals surface area contributed by atoms with Crippen molar-refractivity contribution in [1.29, 1.82) is 0 Å². The Morgan fingerprint density at radius 1 is 1.22 bits per heavy atom. The van der Waals surface area contributed by atoms with Gasteiger partial charge >= 0.3 is 7.12 Å². The highest BCUT2D eigenvalue weighted by molar-refractivity contribution is 6.61. The number of nitrogens with one attached hydrogen (secondary N) is 2. The maximum absolute atomic E-state index is 9.66. The Labute approximate surface area is 135 Å². The molecule has 1 aliphatic carbocycles. The molecule has 2 aromatic rings. The number of anilines is 3. The van der Waals surface area contributed by atoms with E-state index in [0.29, 0.717) is 18.6 Å². The number of hydrogen-bond donors (Lipinski definition) is 3. The highest BCUT2D eigenvalue weighted by atomic mass is 16.5. The number of benzene rings is 1. The zero-order valence-corrected chi connectivity index (χ0v) is 12.8. The van der Waals surface area contributed by atoms with Gasteiger partial charge in [-0.05, 0) is 42.1 Å².